The lowest BCUT2D eigenvalue weighted by atomic mass is 9.64. The van der Waals surface area contributed by atoms with E-state index in [0.29, 0.717) is 22.9 Å². The molecule has 0 radical (unpaired) electrons. The summed E-state index contributed by atoms with van der Waals surface area (Å²) >= 11 is 5.84. The molecule has 20 heavy (non-hydrogen) atoms. The summed E-state index contributed by atoms with van der Waals surface area (Å²) in [7, 11) is 0. The zero-order valence-electron chi connectivity index (χ0n) is 12.1. The molecule has 1 saturated carbocycles. The van der Waals surface area contributed by atoms with Gasteiger partial charge in [0.1, 0.15) is 0 Å². The summed E-state index contributed by atoms with van der Waals surface area (Å²) in [5, 5.41) is 3.56. The Balaban J connectivity index is 2.03. The Morgan fingerprint density at radius 2 is 2.25 bits per heavy atom. The molecule has 1 aromatic rings. The number of halogens is 1. The quantitative estimate of drug-likeness (QED) is 0.840. The number of nitrogen functional groups attached to an aromatic ring is 1. The van der Waals surface area contributed by atoms with Crippen molar-refractivity contribution in [3.8, 4) is 0 Å². The average Bonchev–Trinajstić information content (AvgIpc) is 2.37. The van der Waals surface area contributed by atoms with E-state index in [1.54, 1.807) is 18.2 Å². The van der Waals surface area contributed by atoms with Crippen molar-refractivity contribution in [2.45, 2.75) is 39.3 Å². The molecule has 0 heterocycles. The van der Waals surface area contributed by atoms with E-state index in [0.717, 1.165) is 6.42 Å². The summed E-state index contributed by atoms with van der Waals surface area (Å²) in [6, 6.07) is 5.01. The van der Waals surface area contributed by atoms with Gasteiger partial charge in [-0.15, -0.1) is 0 Å². The maximum atomic E-state index is 12.3. The fraction of sp³-hybridized carbons (Fsp3) is 0.533. The van der Waals surface area contributed by atoms with Crippen molar-refractivity contribution in [3.05, 3.63) is 28.8 Å². The molecule has 0 aromatic heterocycles. The number of benzene rings is 1. The Hall–Kier alpha value is -1.26. The van der Waals surface area contributed by atoms with E-state index in [1.165, 1.54) is 0 Å². The largest absolute Gasteiger partial charge is 0.398 e. The Kier molecular flexibility index (Phi) is 4.25. The van der Waals surface area contributed by atoms with E-state index in [4.69, 9.17) is 22.1 Å². The second kappa shape index (κ2) is 5.62. The Bertz CT molecular complexity index is 517. The number of nitrogens with one attached hydrogen (secondary N) is 1. The van der Waals surface area contributed by atoms with Gasteiger partial charge in [-0.25, -0.2) is 0 Å². The van der Waals surface area contributed by atoms with E-state index >= 15 is 0 Å². The summed E-state index contributed by atoms with van der Waals surface area (Å²) in [5.74, 6) is -0.160. The molecule has 0 bridgehead atoms. The molecular weight excluding hydrogens is 276 g/mol. The molecule has 4 nitrogen and oxygen atoms in total. The van der Waals surface area contributed by atoms with Crippen molar-refractivity contribution in [2.75, 3.05) is 12.3 Å². The fourth-order valence-corrected chi connectivity index (χ4v) is 2.77. The maximum absolute atomic E-state index is 12.3. The first-order chi connectivity index (χ1) is 9.36. The Morgan fingerprint density at radius 1 is 1.55 bits per heavy atom. The van der Waals surface area contributed by atoms with Crippen LogP contribution >= 0.6 is 11.6 Å². The third kappa shape index (κ3) is 2.76. The first kappa shape index (κ1) is 15.1. The standard InChI is InChI=1S/C15H21ClN2O2/c1-4-20-13-8-12(15(13,2)3)18-14(19)10-6-5-9(16)7-11(10)17/h5-7,12-13H,4,8,17H2,1-3H3,(H,18,19). The summed E-state index contributed by atoms with van der Waals surface area (Å²) in [6.07, 6.45) is 1.03. The topological polar surface area (TPSA) is 64.3 Å². The smallest absolute Gasteiger partial charge is 0.253 e. The molecule has 0 spiro atoms. The molecule has 3 N–H and O–H groups in total. The van der Waals surface area contributed by atoms with Crippen LogP contribution in [0, 0.1) is 5.41 Å². The van der Waals surface area contributed by atoms with Gasteiger partial charge in [-0.05, 0) is 31.5 Å². The lowest BCUT2D eigenvalue weighted by Gasteiger charge is -2.51. The van der Waals surface area contributed by atoms with Crippen molar-refractivity contribution in [2.24, 2.45) is 5.41 Å². The van der Waals surface area contributed by atoms with Crippen molar-refractivity contribution in [3.63, 3.8) is 0 Å². The minimum absolute atomic E-state index is 0.0626. The zero-order valence-corrected chi connectivity index (χ0v) is 12.8. The number of nitrogens with two attached hydrogens (primary N) is 1. The summed E-state index contributed by atoms with van der Waals surface area (Å²) in [4.78, 5) is 12.3. The maximum Gasteiger partial charge on any atom is 0.253 e. The zero-order chi connectivity index (χ0) is 14.9. The van der Waals surface area contributed by atoms with Gasteiger partial charge in [-0.3, -0.25) is 4.79 Å². The number of hydrogen-bond donors (Lipinski definition) is 2. The van der Waals surface area contributed by atoms with Crippen molar-refractivity contribution >= 4 is 23.2 Å². The van der Waals surface area contributed by atoms with Crippen LogP contribution in [0.5, 0.6) is 0 Å². The van der Waals surface area contributed by atoms with Crippen LogP contribution in [0.4, 0.5) is 5.69 Å². The number of rotatable bonds is 4. The van der Waals surface area contributed by atoms with Gasteiger partial charge in [-0.1, -0.05) is 25.4 Å². The molecule has 2 unspecified atom stereocenters. The lowest BCUT2D eigenvalue weighted by Crippen LogP contribution is -2.62. The first-order valence-electron chi connectivity index (χ1n) is 6.83. The molecular formula is C15H21ClN2O2. The van der Waals surface area contributed by atoms with Gasteiger partial charge in [0, 0.05) is 28.8 Å². The second-order valence-corrected chi connectivity index (χ2v) is 6.20. The molecule has 1 amide bonds. The van der Waals surface area contributed by atoms with E-state index < -0.39 is 0 Å². The number of amides is 1. The molecule has 2 atom stereocenters. The summed E-state index contributed by atoms with van der Waals surface area (Å²) in [6.45, 7) is 6.88. The molecule has 0 saturated heterocycles. The Morgan fingerprint density at radius 3 is 2.80 bits per heavy atom. The van der Waals surface area contributed by atoms with E-state index in [1.807, 2.05) is 6.92 Å². The van der Waals surface area contributed by atoms with Gasteiger partial charge in [0.15, 0.2) is 0 Å². The predicted molar refractivity (Wildman–Crippen MR) is 80.9 cm³/mol. The van der Waals surface area contributed by atoms with Gasteiger partial charge in [0.2, 0.25) is 0 Å². The number of hydrogen-bond acceptors (Lipinski definition) is 3. The molecule has 1 aliphatic rings. The van der Waals surface area contributed by atoms with Crippen LogP contribution in [-0.2, 0) is 4.74 Å². The summed E-state index contributed by atoms with van der Waals surface area (Å²) < 4.78 is 5.66. The van der Waals surface area contributed by atoms with Crippen molar-refractivity contribution < 1.29 is 9.53 Å². The minimum atomic E-state index is -0.160. The summed E-state index contributed by atoms with van der Waals surface area (Å²) in [5.41, 5.74) is 6.63. The number of carbonyl (C=O) groups is 1. The second-order valence-electron chi connectivity index (χ2n) is 5.76. The van der Waals surface area contributed by atoms with E-state index in [2.05, 4.69) is 19.2 Å². The van der Waals surface area contributed by atoms with E-state index in [9.17, 15) is 4.79 Å². The average molecular weight is 297 g/mol. The third-order valence-corrected chi connectivity index (χ3v) is 4.34. The molecule has 1 aliphatic carbocycles. The molecule has 0 aliphatic heterocycles. The van der Waals surface area contributed by atoms with Gasteiger partial charge >= 0.3 is 0 Å². The Labute approximate surface area is 124 Å². The first-order valence-corrected chi connectivity index (χ1v) is 7.21. The van der Waals surface area contributed by atoms with Crippen LogP contribution in [0.1, 0.15) is 37.6 Å². The fourth-order valence-electron chi connectivity index (χ4n) is 2.59. The van der Waals surface area contributed by atoms with Gasteiger partial charge in [0.05, 0.1) is 11.7 Å². The lowest BCUT2D eigenvalue weighted by molar-refractivity contribution is -0.111. The van der Waals surface area contributed by atoms with Gasteiger partial charge in [0.25, 0.3) is 5.91 Å². The van der Waals surface area contributed by atoms with Crippen LogP contribution in [0.15, 0.2) is 18.2 Å². The van der Waals surface area contributed by atoms with Gasteiger partial charge < -0.3 is 15.8 Å². The van der Waals surface area contributed by atoms with E-state index in [-0.39, 0.29) is 23.5 Å². The SMILES string of the molecule is CCOC1CC(NC(=O)c2ccc(Cl)cc2N)C1(C)C. The van der Waals surface area contributed by atoms with Crippen LogP contribution < -0.4 is 11.1 Å². The number of carbonyl (C=O) groups excluding carboxylic acids is 1. The third-order valence-electron chi connectivity index (χ3n) is 4.11. The normalized spacial score (nSPS) is 24.0. The van der Waals surface area contributed by atoms with Crippen LogP contribution in [0.2, 0.25) is 5.02 Å². The molecule has 1 fully saturated rings. The monoisotopic (exact) mass is 296 g/mol. The number of anilines is 1. The van der Waals surface area contributed by atoms with Crippen molar-refractivity contribution in [1.29, 1.82) is 0 Å². The van der Waals surface area contributed by atoms with Crippen LogP contribution in [-0.4, -0.2) is 24.7 Å². The van der Waals surface area contributed by atoms with Gasteiger partial charge in [-0.2, -0.15) is 0 Å². The molecule has 1 aromatic carbocycles. The van der Waals surface area contributed by atoms with Crippen molar-refractivity contribution in [1.82, 2.24) is 5.32 Å². The highest BCUT2D eigenvalue weighted by Crippen LogP contribution is 2.42. The van der Waals surface area contributed by atoms with Crippen LogP contribution in [0.3, 0.4) is 0 Å². The van der Waals surface area contributed by atoms with Crippen LogP contribution in [0.25, 0.3) is 0 Å². The highest BCUT2D eigenvalue weighted by Gasteiger charge is 2.49. The number of ether oxygens (including phenoxy) is 1. The predicted octanol–water partition coefficient (Wildman–Crippen LogP) is 2.86. The molecule has 2 rings (SSSR count). The highest BCUT2D eigenvalue weighted by molar-refractivity contribution is 6.31. The highest BCUT2D eigenvalue weighted by atomic mass is 35.5. The molecule has 110 valence electrons. The minimum Gasteiger partial charge on any atom is -0.398 e. The molecule has 5 heteroatoms.